The second-order valence-corrected chi connectivity index (χ2v) is 3.27. The van der Waals surface area contributed by atoms with Crippen LogP contribution in [0.4, 0.5) is 0 Å². The summed E-state index contributed by atoms with van der Waals surface area (Å²) < 4.78 is 5.24. The molecule has 0 atom stereocenters. The summed E-state index contributed by atoms with van der Waals surface area (Å²) in [6.45, 7) is 4.49. The van der Waals surface area contributed by atoms with Crippen LogP contribution in [0.25, 0.3) is 6.08 Å². The molecule has 0 heterocycles. The van der Waals surface area contributed by atoms with Gasteiger partial charge < -0.3 is 4.74 Å². The van der Waals surface area contributed by atoms with Crippen molar-refractivity contribution in [3.63, 3.8) is 0 Å². The molecule has 0 spiro atoms. The minimum absolute atomic E-state index is 0.0623. The Balaban J connectivity index is 2.79. The van der Waals surface area contributed by atoms with Crippen molar-refractivity contribution in [1.29, 1.82) is 0 Å². The van der Waals surface area contributed by atoms with Crippen molar-refractivity contribution in [3.05, 3.63) is 41.5 Å². The van der Waals surface area contributed by atoms with E-state index in [1.807, 2.05) is 43.3 Å². The molecule has 2 heteroatoms. The zero-order valence-corrected chi connectivity index (χ0v) is 9.19. The van der Waals surface area contributed by atoms with Crippen molar-refractivity contribution in [2.24, 2.45) is 0 Å². The molecule has 0 N–H and O–H groups in total. The Morgan fingerprint density at radius 1 is 1.33 bits per heavy atom. The summed E-state index contributed by atoms with van der Waals surface area (Å²) in [7, 11) is 0. The Morgan fingerprint density at radius 2 is 2.00 bits per heavy atom. The van der Waals surface area contributed by atoms with E-state index in [4.69, 9.17) is 4.74 Å². The number of hydrogen-bond donors (Lipinski definition) is 0. The van der Waals surface area contributed by atoms with E-state index in [9.17, 15) is 4.79 Å². The molecule has 1 rings (SSSR count). The first kappa shape index (κ1) is 11.7. The lowest BCUT2D eigenvalue weighted by Gasteiger charge is -2.03. The van der Waals surface area contributed by atoms with Gasteiger partial charge in [-0.2, -0.15) is 0 Å². The molecule has 0 aromatic heterocycles. The van der Waals surface area contributed by atoms with Crippen molar-refractivity contribution in [1.82, 2.24) is 0 Å². The normalized spacial score (nSPS) is 11.5. The first-order valence-electron chi connectivity index (χ1n) is 5.08. The third-order valence-corrected chi connectivity index (χ3v) is 2.05. The Hall–Kier alpha value is -1.41. The van der Waals surface area contributed by atoms with E-state index in [-0.39, 0.29) is 5.78 Å². The van der Waals surface area contributed by atoms with Gasteiger partial charge in [0.2, 0.25) is 0 Å². The quantitative estimate of drug-likeness (QED) is 0.689. The Labute approximate surface area is 90.6 Å². The molecule has 0 amide bonds. The van der Waals surface area contributed by atoms with Crippen LogP contribution in [0.15, 0.2) is 35.9 Å². The van der Waals surface area contributed by atoms with Gasteiger partial charge in [0.1, 0.15) is 0 Å². The zero-order valence-electron chi connectivity index (χ0n) is 9.19. The van der Waals surface area contributed by atoms with Crippen molar-refractivity contribution in [3.8, 4) is 0 Å². The predicted molar refractivity (Wildman–Crippen MR) is 61.6 cm³/mol. The molecule has 0 aliphatic heterocycles. The van der Waals surface area contributed by atoms with Crippen molar-refractivity contribution < 1.29 is 9.53 Å². The smallest absolute Gasteiger partial charge is 0.158 e. The van der Waals surface area contributed by atoms with Gasteiger partial charge in [-0.3, -0.25) is 4.79 Å². The van der Waals surface area contributed by atoms with E-state index in [0.29, 0.717) is 18.8 Å². The molecule has 1 aromatic rings. The number of rotatable bonds is 5. The lowest BCUT2D eigenvalue weighted by atomic mass is 10.1. The maximum absolute atomic E-state index is 11.3. The molecule has 80 valence electrons. The second kappa shape index (κ2) is 6.14. The van der Waals surface area contributed by atoms with E-state index < -0.39 is 0 Å². The zero-order chi connectivity index (χ0) is 11.1. The number of carbonyl (C=O) groups is 1. The van der Waals surface area contributed by atoms with Gasteiger partial charge in [-0.15, -0.1) is 0 Å². The summed E-state index contributed by atoms with van der Waals surface area (Å²) in [5.74, 6) is 0.0623. The predicted octanol–water partition coefficient (Wildman–Crippen LogP) is 2.70. The molecule has 0 unspecified atom stereocenters. The third-order valence-electron chi connectivity index (χ3n) is 2.05. The first-order chi connectivity index (χ1) is 7.24. The lowest BCUT2D eigenvalue weighted by Crippen LogP contribution is -2.05. The summed E-state index contributed by atoms with van der Waals surface area (Å²) in [5.41, 5.74) is 1.74. The number of ketones is 1. The van der Waals surface area contributed by atoms with Gasteiger partial charge in [0.05, 0.1) is 6.61 Å². The highest BCUT2D eigenvalue weighted by atomic mass is 16.5. The van der Waals surface area contributed by atoms with Crippen LogP contribution in [0.2, 0.25) is 0 Å². The number of hydrogen-bond acceptors (Lipinski definition) is 2. The van der Waals surface area contributed by atoms with Crippen LogP contribution in [-0.2, 0) is 9.53 Å². The van der Waals surface area contributed by atoms with Gasteiger partial charge in [-0.1, -0.05) is 30.3 Å². The highest BCUT2D eigenvalue weighted by Gasteiger charge is 2.03. The molecule has 15 heavy (non-hydrogen) atoms. The van der Waals surface area contributed by atoms with E-state index in [2.05, 4.69) is 0 Å². The highest BCUT2D eigenvalue weighted by molar-refractivity contribution is 5.97. The molecule has 0 fully saturated rings. The summed E-state index contributed by atoms with van der Waals surface area (Å²) in [6, 6.07) is 9.78. The maximum atomic E-state index is 11.3. The van der Waals surface area contributed by atoms with Crippen LogP contribution < -0.4 is 0 Å². The molecular formula is C13H16O2. The molecule has 2 nitrogen and oxygen atoms in total. The van der Waals surface area contributed by atoms with Gasteiger partial charge in [0.15, 0.2) is 5.78 Å². The lowest BCUT2D eigenvalue weighted by molar-refractivity contribution is -0.114. The van der Waals surface area contributed by atoms with Crippen molar-refractivity contribution >= 4 is 11.9 Å². The van der Waals surface area contributed by atoms with Gasteiger partial charge in [0, 0.05) is 12.2 Å². The monoisotopic (exact) mass is 204 g/mol. The van der Waals surface area contributed by atoms with Crippen LogP contribution in [0, 0.1) is 0 Å². The summed E-state index contributed by atoms with van der Waals surface area (Å²) in [6.07, 6.45) is 1.87. The van der Waals surface area contributed by atoms with Crippen LogP contribution >= 0.6 is 0 Å². The largest absolute Gasteiger partial charge is 0.377 e. The minimum atomic E-state index is 0.0623. The standard InChI is InChI=1S/C13H16O2/c1-3-15-10-13(11(2)14)9-12-7-5-4-6-8-12/h4-9H,3,10H2,1-2H3/b13-9+. The average Bonchev–Trinajstić information content (AvgIpc) is 2.25. The van der Waals surface area contributed by atoms with Crippen molar-refractivity contribution in [2.45, 2.75) is 13.8 Å². The molecule has 0 saturated carbocycles. The van der Waals surface area contributed by atoms with Gasteiger partial charge >= 0.3 is 0 Å². The molecule has 0 saturated heterocycles. The van der Waals surface area contributed by atoms with Crippen molar-refractivity contribution in [2.75, 3.05) is 13.2 Å². The Kier molecular flexibility index (Phi) is 4.78. The second-order valence-electron chi connectivity index (χ2n) is 3.27. The highest BCUT2D eigenvalue weighted by Crippen LogP contribution is 2.07. The van der Waals surface area contributed by atoms with Crippen LogP contribution in [0.5, 0.6) is 0 Å². The fourth-order valence-electron chi connectivity index (χ4n) is 1.21. The van der Waals surface area contributed by atoms with Crippen LogP contribution in [0.1, 0.15) is 19.4 Å². The number of benzene rings is 1. The van der Waals surface area contributed by atoms with E-state index >= 15 is 0 Å². The van der Waals surface area contributed by atoms with Gasteiger partial charge in [0.25, 0.3) is 0 Å². The third kappa shape index (κ3) is 4.09. The minimum Gasteiger partial charge on any atom is -0.377 e. The number of carbonyl (C=O) groups excluding carboxylic acids is 1. The Morgan fingerprint density at radius 3 is 2.53 bits per heavy atom. The van der Waals surface area contributed by atoms with Gasteiger partial charge in [-0.25, -0.2) is 0 Å². The van der Waals surface area contributed by atoms with Crippen LogP contribution in [0.3, 0.4) is 0 Å². The summed E-state index contributed by atoms with van der Waals surface area (Å²) >= 11 is 0. The molecule has 0 aliphatic carbocycles. The molecule has 1 aromatic carbocycles. The SMILES string of the molecule is CCOC/C(=C\c1ccccc1)C(C)=O. The van der Waals surface area contributed by atoms with Crippen LogP contribution in [-0.4, -0.2) is 19.0 Å². The maximum Gasteiger partial charge on any atom is 0.158 e. The average molecular weight is 204 g/mol. The summed E-state index contributed by atoms with van der Waals surface area (Å²) in [5, 5.41) is 0. The van der Waals surface area contributed by atoms with E-state index in [1.165, 1.54) is 0 Å². The fourth-order valence-corrected chi connectivity index (χ4v) is 1.21. The van der Waals surface area contributed by atoms with Gasteiger partial charge in [-0.05, 0) is 25.5 Å². The fraction of sp³-hybridized carbons (Fsp3) is 0.308. The molecule has 0 aliphatic rings. The number of ether oxygens (including phenoxy) is 1. The topological polar surface area (TPSA) is 26.3 Å². The molecule has 0 bridgehead atoms. The van der Waals surface area contributed by atoms with E-state index in [1.54, 1.807) is 6.92 Å². The molecular weight excluding hydrogens is 188 g/mol. The summed E-state index contributed by atoms with van der Waals surface area (Å²) in [4.78, 5) is 11.3. The number of Topliss-reactive ketones (excluding diaryl/α,β-unsaturated/α-hetero) is 1. The molecule has 0 radical (unpaired) electrons. The Bertz CT molecular complexity index is 339. The first-order valence-corrected chi connectivity index (χ1v) is 5.08. The van der Waals surface area contributed by atoms with E-state index in [0.717, 1.165) is 5.56 Å².